The van der Waals surface area contributed by atoms with Crippen LogP contribution in [0.2, 0.25) is 58.9 Å². The molecule has 0 aliphatic heterocycles. The number of amides is 5. The van der Waals surface area contributed by atoms with Crippen molar-refractivity contribution in [3.63, 3.8) is 0 Å². The van der Waals surface area contributed by atoms with Crippen LogP contribution in [0.4, 0.5) is 0 Å². The average Bonchev–Trinajstić information content (AvgIpc) is 3.06. The van der Waals surface area contributed by atoms with E-state index >= 15 is 4.79 Å². The summed E-state index contributed by atoms with van der Waals surface area (Å²) in [4.78, 5) is 84.7. The molecule has 0 saturated carbocycles. The molecule has 0 aromatic heterocycles. The number of primary amides is 1. The van der Waals surface area contributed by atoms with Crippen LogP contribution in [0.1, 0.15) is 101 Å². The van der Waals surface area contributed by atoms with Crippen molar-refractivity contribution >= 4 is 60.5 Å². The molecule has 0 aliphatic carbocycles. The first-order valence-corrected chi connectivity index (χ1v) is 32.9. The molecule has 0 saturated heterocycles. The number of ether oxygens (including phenoxy) is 1. The van der Waals surface area contributed by atoms with E-state index in [9.17, 15) is 24.0 Å². The van der Waals surface area contributed by atoms with E-state index in [1.807, 2.05) is 128 Å². The Bertz CT molecular complexity index is 1440. The molecule has 5 N–H and O–H groups in total. The van der Waals surface area contributed by atoms with Crippen molar-refractivity contribution in [3.8, 4) is 0 Å². The summed E-state index contributed by atoms with van der Waals surface area (Å²) in [6.07, 6.45) is -0.893. The normalized spacial score (nSPS) is 16.1. The Morgan fingerprint density at radius 1 is 0.597 bits per heavy atom. The highest BCUT2D eigenvalue weighted by Crippen LogP contribution is 2.29. The molecular weight excluding hydrogens is 843 g/mol. The molecule has 7 atom stereocenters. The van der Waals surface area contributed by atoms with Crippen molar-refractivity contribution in [2.45, 2.75) is 203 Å². The molecule has 0 radical (unpaired) electrons. The Morgan fingerprint density at radius 3 is 1.50 bits per heavy atom. The Hall–Kier alpha value is -2.65. The van der Waals surface area contributed by atoms with Gasteiger partial charge in [-0.1, -0.05) is 69.2 Å². The van der Waals surface area contributed by atoms with E-state index in [2.05, 4.69) is 16.0 Å². The molecule has 362 valence electrons. The second-order valence-corrected chi connectivity index (χ2v) is 35.2. The molecule has 0 fully saturated rings. The number of nitrogens with two attached hydrogens (primary N) is 1. The molecule has 0 heterocycles. The number of hydrogen-bond donors (Lipinski definition) is 4. The van der Waals surface area contributed by atoms with Crippen molar-refractivity contribution in [1.82, 2.24) is 20.9 Å². The molecule has 0 aromatic carbocycles. The van der Waals surface area contributed by atoms with Crippen LogP contribution in [0.25, 0.3) is 0 Å². The fourth-order valence-corrected chi connectivity index (χ4v) is 10.2. The first kappa shape index (κ1) is 59.4. The van der Waals surface area contributed by atoms with Gasteiger partial charge in [0.2, 0.25) is 29.5 Å². The number of rotatable bonds is 29. The van der Waals surface area contributed by atoms with Crippen LogP contribution in [-0.2, 0) is 46.8 Å². The fraction of sp³-hybridized carbons (Fsp3) is 0.864. The second kappa shape index (κ2) is 26.3. The smallest absolute Gasteiger partial charge is 0.308 e. The molecule has 0 bridgehead atoms. The van der Waals surface area contributed by atoms with Crippen molar-refractivity contribution in [2.75, 3.05) is 13.7 Å². The molecule has 62 heavy (non-hydrogen) atoms. The maximum atomic E-state index is 15.0. The van der Waals surface area contributed by atoms with Crippen molar-refractivity contribution in [3.05, 3.63) is 0 Å². The highest BCUT2D eigenvalue weighted by atomic mass is 28.4. The Balaban J connectivity index is 7.51. The number of carbonyl (C=O) groups is 6. The number of hydrogen-bond acceptors (Lipinski definition) is 10. The molecule has 0 aromatic rings. The molecule has 0 unspecified atom stereocenters. The van der Waals surface area contributed by atoms with Crippen molar-refractivity contribution in [2.24, 2.45) is 35.3 Å². The molecule has 0 spiro atoms. The van der Waals surface area contributed by atoms with Gasteiger partial charge in [0, 0.05) is 6.42 Å². The zero-order valence-corrected chi connectivity index (χ0v) is 45.3. The third kappa shape index (κ3) is 23.9. The van der Waals surface area contributed by atoms with E-state index in [0.29, 0.717) is 12.8 Å². The predicted molar refractivity (Wildman–Crippen MR) is 254 cm³/mol. The van der Waals surface area contributed by atoms with Crippen LogP contribution < -0.4 is 21.7 Å². The van der Waals surface area contributed by atoms with E-state index in [4.69, 9.17) is 23.7 Å². The Labute approximate surface area is 378 Å². The van der Waals surface area contributed by atoms with Gasteiger partial charge in [-0.3, -0.25) is 28.8 Å². The lowest BCUT2D eigenvalue weighted by atomic mass is 9.89. The molecular formula is C44H89N5O10Si3. The van der Waals surface area contributed by atoms with Gasteiger partial charge in [-0.15, -0.1) is 0 Å². The van der Waals surface area contributed by atoms with Crippen LogP contribution >= 0.6 is 0 Å². The van der Waals surface area contributed by atoms with Gasteiger partial charge in [0.15, 0.2) is 25.0 Å². The largest absolute Gasteiger partial charge is 0.469 e. The lowest BCUT2D eigenvalue weighted by Gasteiger charge is -2.46. The number of carbonyl (C=O) groups excluding carboxylic acids is 6. The van der Waals surface area contributed by atoms with Crippen LogP contribution in [0.15, 0.2) is 0 Å². The standard InChI is InChI=1S/C44H89N5O10Si3/c1-27(2)21-32(35(25-39(52)56-11)58-61(15,16)17)47-43(54)33(26-57-60(12,13)14)46-38(51)24-36(59-62(18,19)20)34(22-28(3)4)49(41(31(9)10)42(45)53)44(55)40(30(7)8)48-37(50)23-29(5)6/h27-36,40-41H,21-26H2,1-20H3,(H2,45,53)(H,46,51)(H,47,54)(H,48,50)/t32-,33-,34-,35-,36-,40-,41-/m0/s1. The zero-order chi connectivity index (χ0) is 48.7. The summed E-state index contributed by atoms with van der Waals surface area (Å²) in [5.74, 6) is -3.61. The quantitative estimate of drug-likeness (QED) is 0.0495. The SMILES string of the molecule is COC(=O)C[C@H](O[Si](C)(C)C)[C@H](CC(C)C)NC(=O)[C@H](CO[Si](C)(C)C)NC(=O)C[C@H](O[Si](C)(C)C)[C@H](CC(C)C)N(C(=O)[C@@H](NC(=O)CC(C)C)C(C)C)[C@H](C(N)=O)C(C)C. The van der Waals surface area contributed by atoms with Crippen LogP contribution in [0.3, 0.4) is 0 Å². The minimum atomic E-state index is -2.50. The van der Waals surface area contributed by atoms with E-state index in [1.165, 1.54) is 12.0 Å². The monoisotopic (exact) mass is 932 g/mol. The number of nitrogens with zero attached hydrogens (tertiary/aromatic N) is 1. The number of esters is 1. The van der Waals surface area contributed by atoms with Gasteiger partial charge < -0.3 is 44.6 Å². The third-order valence-corrected chi connectivity index (χ3v) is 12.7. The first-order chi connectivity index (χ1) is 28.1. The van der Waals surface area contributed by atoms with Gasteiger partial charge in [-0.05, 0) is 101 Å². The topological polar surface area (TPSA) is 205 Å². The molecule has 18 heteroatoms. The fourth-order valence-electron chi connectivity index (χ4n) is 7.22. The van der Waals surface area contributed by atoms with Crippen molar-refractivity contribution in [1.29, 1.82) is 0 Å². The van der Waals surface area contributed by atoms with Gasteiger partial charge in [-0.2, -0.15) is 0 Å². The summed E-state index contributed by atoms with van der Waals surface area (Å²) in [6, 6.07) is -4.64. The minimum Gasteiger partial charge on any atom is -0.469 e. The van der Waals surface area contributed by atoms with Crippen LogP contribution in [0.5, 0.6) is 0 Å². The van der Waals surface area contributed by atoms with Gasteiger partial charge in [0.25, 0.3) is 0 Å². The Morgan fingerprint density at radius 2 is 1.10 bits per heavy atom. The first-order valence-electron chi connectivity index (χ1n) is 22.7. The maximum absolute atomic E-state index is 15.0. The second-order valence-electron chi connectivity index (χ2n) is 21.7. The summed E-state index contributed by atoms with van der Waals surface area (Å²) in [6.45, 7) is 36.9. The Kier molecular flexibility index (Phi) is 25.2. The van der Waals surface area contributed by atoms with Gasteiger partial charge >= 0.3 is 5.97 Å². The van der Waals surface area contributed by atoms with E-state index in [1.54, 1.807) is 0 Å². The average molecular weight is 932 g/mol. The van der Waals surface area contributed by atoms with E-state index in [0.717, 1.165) is 0 Å². The maximum Gasteiger partial charge on any atom is 0.308 e. The third-order valence-electron chi connectivity index (χ3n) is 9.65. The molecule has 0 rings (SSSR count). The van der Waals surface area contributed by atoms with Crippen LogP contribution in [0, 0.1) is 29.6 Å². The van der Waals surface area contributed by atoms with Gasteiger partial charge in [-0.25, -0.2) is 0 Å². The van der Waals surface area contributed by atoms with E-state index in [-0.39, 0.29) is 55.4 Å². The summed E-state index contributed by atoms with van der Waals surface area (Å²) < 4.78 is 24.6. The number of methoxy groups -OCH3 is 1. The summed E-state index contributed by atoms with van der Waals surface area (Å²) in [5, 5.41) is 9.00. The van der Waals surface area contributed by atoms with Crippen LogP contribution in [-0.4, -0.2) is 121 Å². The summed E-state index contributed by atoms with van der Waals surface area (Å²) >= 11 is 0. The van der Waals surface area contributed by atoms with Gasteiger partial charge in [0.1, 0.15) is 18.1 Å². The summed E-state index contributed by atoms with van der Waals surface area (Å²) in [7, 11) is -5.63. The van der Waals surface area contributed by atoms with E-state index < -0.39 is 103 Å². The molecule has 0 aliphatic rings. The number of nitrogens with one attached hydrogen (secondary N) is 3. The zero-order valence-electron chi connectivity index (χ0n) is 42.3. The highest BCUT2D eigenvalue weighted by Gasteiger charge is 2.45. The molecule has 5 amide bonds. The predicted octanol–water partition coefficient (Wildman–Crippen LogP) is 6.19. The lowest BCUT2D eigenvalue weighted by molar-refractivity contribution is -0.152. The highest BCUT2D eigenvalue weighted by molar-refractivity contribution is 6.70. The molecule has 15 nitrogen and oxygen atoms in total. The van der Waals surface area contributed by atoms with Gasteiger partial charge in [0.05, 0.1) is 50.8 Å². The van der Waals surface area contributed by atoms with Crippen molar-refractivity contribution < 1.29 is 46.8 Å². The summed E-state index contributed by atoms with van der Waals surface area (Å²) in [5.41, 5.74) is 6.12. The minimum absolute atomic E-state index is 0.0299. The lowest BCUT2D eigenvalue weighted by Crippen LogP contribution is -2.64.